The van der Waals surface area contributed by atoms with E-state index in [-0.39, 0.29) is 17.0 Å². The Morgan fingerprint density at radius 3 is 2.46 bits per heavy atom. The van der Waals surface area contributed by atoms with Gasteiger partial charge in [-0.05, 0) is 41.2 Å². The largest absolute Gasteiger partial charge is 0.493 e. The van der Waals surface area contributed by atoms with E-state index in [1.165, 1.54) is 17.8 Å². The van der Waals surface area contributed by atoms with Crippen molar-refractivity contribution in [2.45, 2.75) is 43.6 Å². The van der Waals surface area contributed by atoms with E-state index in [0.717, 1.165) is 11.3 Å². The molecule has 2 aliphatic rings. The first-order valence-electron chi connectivity index (χ1n) is 11.9. The number of hydrogen-bond donors (Lipinski definition) is 1. The summed E-state index contributed by atoms with van der Waals surface area (Å²) in [5.74, 6) is 2.13. The number of carbonyl (C=O) groups excluding carboxylic acids is 1. The first-order valence-corrected chi connectivity index (χ1v) is 12.9. The Morgan fingerprint density at radius 1 is 1.11 bits per heavy atom. The van der Waals surface area contributed by atoms with Crippen LogP contribution in [-0.2, 0) is 10.5 Å². The molecule has 0 fully saturated rings. The van der Waals surface area contributed by atoms with Gasteiger partial charge in [0.05, 0.1) is 21.3 Å². The molecule has 1 aromatic heterocycles. The Labute approximate surface area is 219 Å². The van der Waals surface area contributed by atoms with Crippen molar-refractivity contribution < 1.29 is 23.4 Å². The molecule has 1 unspecified atom stereocenters. The number of fused-ring (bicyclic) bond motifs is 1. The van der Waals surface area contributed by atoms with Gasteiger partial charge in [0.15, 0.2) is 17.3 Å². The number of hydrogen-bond acceptors (Lipinski definition) is 8. The first-order chi connectivity index (χ1) is 17.7. The second kappa shape index (κ2) is 9.74. The van der Waals surface area contributed by atoms with Crippen LogP contribution in [0.15, 0.2) is 52.8 Å². The van der Waals surface area contributed by atoms with Crippen LogP contribution < -0.4 is 19.5 Å². The molecule has 3 aromatic rings. The number of ketones is 1. The summed E-state index contributed by atoms with van der Waals surface area (Å²) in [6.45, 7) is 4.17. The maximum absolute atomic E-state index is 14.2. The summed E-state index contributed by atoms with van der Waals surface area (Å²) < 4.78 is 32.6. The Balaban J connectivity index is 1.61. The van der Waals surface area contributed by atoms with E-state index in [4.69, 9.17) is 24.3 Å². The average molecular weight is 525 g/mol. The van der Waals surface area contributed by atoms with Crippen molar-refractivity contribution >= 4 is 23.5 Å². The van der Waals surface area contributed by atoms with E-state index in [2.05, 4.69) is 19.2 Å². The fourth-order valence-corrected chi connectivity index (χ4v) is 5.79. The zero-order valence-electron chi connectivity index (χ0n) is 21.4. The number of carbonyl (C=O) groups is 1. The van der Waals surface area contributed by atoms with Crippen molar-refractivity contribution in [3.05, 3.63) is 64.6 Å². The number of Topliss-reactive ketones (excluding diaryl/α,β-unsaturated/α-hetero) is 1. The molecule has 0 saturated heterocycles. The number of nitrogens with zero attached hydrogens (tertiary/aromatic N) is 3. The number of anilines is 1. The highest BCUT2D eigenvalue weighted by Gasteiger charge is 2.42. The molecule has 1 atom stereocenters. The minimum atomic E-state index is -0.543. The molecule has 10 heteroatoms. The smallest absolute Gasteiger partial charge is 0.227 e. The van der Waals surface area contributed by atoms with Gasteiger partial charge < -0.3 is 19.5 Å². The van der Waals surface area contributed by atoms with Crippen LogP contribution in [0.2, 0.25) is 0 Å². The van der Waals surface area contributed by atoms with Crippen LogP contribution in [0.3, 0.4) is 0 Å². The van der Waals surface area contributed by atoms with Gasteiger partial charge >= 0.3 is 0 Å². The predicted molar refractivity (Wildman–Crippen MR) is 139 cm³/mol. The van der Waals surface area contributed by atoms with E-state index < -0.39 is 6.04 Å². The molecule has 2 aromatic carbocycles. The van der Waals surface area contributed by atoms with Crippen LogP contribution in [0.1, 0.15) is 43.9 Å². The molecule has 0 saturated carbocycles. The molecule has 5 rings (SSSR count). The highest BCUT2D eigenvalue weighted by atomic mass is 32.2. The van der Waals surface area contributed by atoms with Gasteiger partial charge in [-0.25, -0.2) is 9.07 Å². The third kappa shape index (κ3) is 4.66. The first kappa shape index (κ1) is 25.1. The second-order valence-electron chi connectivity index (χ2n) is 9.86. The topological polar surface area (TPSA) is 87.5 Å². The van der Waals surface area contributed by atoms with E-state index in [1.807, 2.05) is 12.1 Å². The number of ether oxygens (including phenoxy) is 3. The van der Waals surface area contributed by atoms with E-state index in [1.54, 1.807) is 44.2 Å². The van der Waals surface area contributed by atoms with Gasteiger partial charge in [0, 0.05) is 23.4 Å². The second-order valence-corrected chi connectivity index (χ2v) is 10.8. The monoisotopic (exact) mass is 524 g/mol. The summed E-state index contributed by atoms with van der Waals surface area (Å²) in [6, 6.07) is 9.79. The third-order valence-electron chi connectivity index (χ3n) is 6.63. The molecule has 37 heavy (non-hydrogen) atoms. The molecule has 1 aliphatic heterocycles. The van der Waals surface area contributed by atoms with Gasteiger partial charge in [0.25, 0.3) is 0 Å². The number of methoxy groups -OCH3 is 3. The molecule has 0 amide bonds. The van der Waals surface area contributed by atoms with Crippen molar-refractivity contribution in [1.82, 2.24) is 14.8 Å². The summed E-state index contributed by atoms with van der Waals surface area (Å²) >= 11 is 1.34. The molecule has 0 spiro atoms. The van der Waals surface area contributed by atoms with Gasteiger partial charge in [0.2, 0.25) is 16.9 Å². The molecular formula is C27H29FN4O4S. The Bertz CT molecular complexity index is 1380. The minimum absolute atomic E-state index is 0.0548. The van der Waals surface area contributed by atoms with Gasteiger partial charge in [0.1, 0.15) is 11.9 Å². The van der Waals surface area contributed by atoms with Gasteiger partial charge in [-0.15, -0.1) is 5.10 Å². The number of thioether (sulfide) groups is 1. The molecule has 2 heterocycles. The van der Waals surface area contributed by atoms with Crippen LogP contribution in [0.4, 0.5) is 10.3 Å². The lowest BCUT2D eigenvalue weighted by molar-refractivity contribution is -0.118. The molecule has 0 bridgehead atoms. The normalized spacial score (nSPS) is 18.1. The summed E-state index contributed by atoms with van der Waals surface area (Å²) in [5, 5.41) is 8.60. The minimum Gasteiger partial charge on any atom is -0.493 e. The number of rotatable bonds is 7. The highest BCUT2D eigenvalue weighted by molar-refractivity contribution is 7.98. The molecule has 1 aliphatic carbocycles. The average Bonchev–Trinajstić information content (AvgIpc) is 3.27. The maximum Gasteiger partial charge on any atom is 0.227 e. The molecule has 8 nitrogen and oxygen atoms in total. The van der Waals surface area contributed by atoms with Crippen LogP contribution in [0.25, 0.3) is 0 Å². The number of halogens is 1. The van der Waals surface area contributed by atoms with Gasteiger partial charge in [-0.1, -0.05) is 43.8 Å². The number of aromatic nitrogens is 3. The van der Waals surface area contributed by atoms with Crippen molar-refractivity contribution in [2.24, 2.45) is 5.41 Å². The summed E-state index contributed by atoms with van der Waals surface area (Å²) in [6.07, 6.45) is 1.12. The Hall–Kier alpha value is -3.53. The highest BCUT2D eigenvalue weighted by Crippen LogP contribution is 2.48. The molecule has 194 valence electrons. The van der Waals surface area contributed by atoms with Crippen molar-refractivity contribution in [3.8, 4) is 17.2 Å². The number of nitrogens with one attached hydrogen (secondary N) is 1. The third-order valence-corrected chi connectivity index (χ3v) is 7.52. The van der Waals surface area contributed by atoms with Gasteiger partial charge in [-0.2, -0.15) is 4.98 Å². The van der Waals surface area contributed by atoms with Crippen LogP contribution in [0, 0.1) is 11.2 Å². The fourth-order valence-electron chi connectivity index (χ4n) is 4.98. The number of benzene rings is 2. The fraction of sp³-hybridized carbons (Fsp3) is 0.370. The quantitative estimate of drug-likeness (QED) is 0.412. The van der Waals surface area contributed by atoms with E-state index >= 15 is 0 Å². The van der Waals surface area contributed by atoms with Crippen LogP contribution in [-0.4, -0.2) is 41.9 Å². The molecular weight excluding hydrogens is 495 g/mol. The molecule has 1 N–H and O–H groups in total. The lowest BCUT2D eigenvalue weighted by Crippen LogP contribution is -2.36. The Kier molecular flexibility index (Phi) is 6.61. The van der Waals surface area contributed by atoms with E-state index in [9.17, 15) is 9.18 Å². The Morgan fingerprint density at radius 2 is 1.81 bits per heavy atom. The summed E-state index contributed by atoms with van der Waals surface area (Å²) in [4.78, 5) is 18.2. The van der Waals surface area contributed by atoms with E-state index in [0.29, 0.717) is 58.1 Å². The van der Waals surface area contributed by atoms with Crippen LogP contribution >= 0.6 is 11.8 Å². The summed E-state index contributed by atoms with van der Waals surface area (Å²) in [5.41, 5.74) is 2.63. The SMILES string of the molecule is COc1cc(C2C3=C(CC(C)(C)CC3=O)Nc3nc(SCc4ccccc4F)nn32)cc(OC)c1OC. The van der Waals surface area contributed by atoms with Crippen molar-refractivity contribution in [2.75, 3.05) is 26.6 Å². The maximum atomic E-state index is 14.2. The van der Waals surface area contributed by atoms with Crippen molar-refractivity contribution in [1.29, 1.82) is 0 Å². The summed E-state index contributed by atoms with van der Waals surface area (Å²) in [7, 11) is 4.66. The predicted octanol–water partition coefficient (Wildman–Crippen LogP) is 5.39. The standard InChI is InChI=1S/C27H29FN4O4S/c1-27(2)12-18-22(19(33)13-27)23(16-10-20(34-3)24(36-5)21(11-16)35-4)32-25(29-18)30-26(31-32)37-14-15-8-6-7-9-17(15)28/h6-11,23H,12-14H2,1-5H3,(H,29,30,31). The lowest BCUT2D eigenvalue weighted by atomic mass is 9.73. The van der Waals surface area contributed by atoms with Crippen molar-refractivity contribution in [3.63, 3.8) is 0 Å². The van der Waals surface area contributed by atoms with Gasteiger partial charge in [-0.3, -0.25) is 4.79 Å². The van der Waals surface area contributed by atoms with Crippen LogP contribution in [0.5, 0.6) is 17.2 Å². The number of allylic oxidation sites excluding steroid dienone is 2. The molecule has 0 radical (unpaired) electrons. The zero-order valence-corrected chi connectivity index (χ0v) is 22.2. The zero-order chi connectivity index (χ0) is 26.3. The lowest BCUT2D eigenvalue weighted by Gasteiger charge is -2.38.